The maximum absolute atomic E-state index is 11.7. The molecule has 0 aromatic carbocycles. The van der Waals surface area contributed by atoms with Gasteiger partial charge in [0.1, 0.15) is 17.9 Å². The van der Waals surface area contributed by atoms with Gasteiger partial charge in [-0.1, -0.05) is 13.8 Å². The fourth-order valence-electron chi connectivity index (χ4n) is 1.75. The van der Waals surface area contributed by atoms with Crippen molar-refractivity contribution in [2.75, 3.05) is 6.54 Å². The van der Waals surface area contributed by atoms with Crippen LogP contribution in [0.3, 0.4) is 0 Å². The second-order valence-corrected chi connectivity index (χ2v) is 5.05. The lowest BCUT2D eigenvalue weighted by atomic mass is 10.1. The molecule has 1 rings (SSSR count). The number of rotatable bonds is 6. The maximum atomic E-state index is 11.7. The van der Waals surface area contributed by atoms with Crippen LogP contribution in [0.1, 0.15) is 25.2 Å². The van der Waals surface area contributed by atoms with Crippen LogP contribution in [0.2, 0.25) is 0 Å². The van der Waals surface area contributed by atoms with Crippen molar-refractivity contribution < 1.29 is 14.8 Å². The number of aryl methyl sites for hydroxylation is 1. The molecule has 1 aromatic heterocycles. The summed E-state index contributed by atoms with van der Waals surface area (Å²) in [6, 6.07) is 0. The molecule has 8 heteroatoms. The number of amides is 1. The lowest BCUT2D eigenvalue weighted by Crippen LogP contribution is -2.36. The Morgan fingerprint density at radius 2 is 2.10 bits per heavy atom. The van der Waals surface area contributed by atoms with Crippen LogP contribution in [-0.4, -0.2) is 38.4 Å². The molecule has 0 saturated carbocycles. The number of carbonyl (C=O) groups excluding carboxylic acids is 1. The van der Waals surface area contributed by atoms with E-state index in [0.29, 0.717) is 5.69 Å². The predicted molar refractivity (Wildman–Crippen MR) is 72.2 cm³/mol. The molecule has 20 heavy (non-hydrogen) atoms. The Bertz CT molecular complexity index is 510. The van der Waals surface area contributed by atoms with E-state index in [2.05, 4.69) is 10.4 Å². The molecule has 0 saturated heterocycles. The Balaban J connectivity index is 2.68. The van der Waals surface area contributed by atoms with Crippen LogP contribution in [0, 0.1) is 29.9 Å². The van der Waals surface area contributed by atoms with Crippen LogP contribution < -0.4 is 5.32 Å². The highest BCUT2D eigenvalue weighted by Crippen LogP contribution is 2.21. The molecule has 2 N–H and O–H groups in total. The molecule has 0 radical (unpaired) electrons. The number of nitrogens with one attached hydrogen (secondary N) is 1. The Hall–Kier alpha value is -1.96. The zero-order valence-corrected chi connectivity index (χ0v) is 12.1. The van der Waals surface area contributed by atoms with Crippen LogP contribution >= 0.6 is 0 Å². The molecule has 1 aromatic rings. The van der Waals surface area contributed by atoms with Gasteiger partial charge in [0.15, 0.2) is 0 Å². The molecule has 1 unspecified atom stereocenters. The molecule has 112 valence electrons. The van der Waals surface area contributed by atoms with Gasteiger partial charge in [0.25, 0.3) is 0 Å². The summed E-state index contributed by atoms with van der Waals surface area (Å²) in [5.41, 5.74) is 0.551. The van der Waals surface area contributed by atoms with Gasteiger partial charge >= 0.3 is 5.69 Å². The van der Waals surface area contributed by atoms with Gasteiger partial charge in [0.05, 0.1) is 11.0 Å². The van der Waals surface area contributed by atoms with Crippen LogP contribution in [0.25, 0.3) is 0 Å². The number of nitro groups is 1. The fourth-order valence-corrected chi connectivity index (χ4v) is 1.75. The minimum atomic E-state index is -0.617. The molecule has 0 bridgehead atoms. The van der Waals surface area contributed by atoms with Gasteiger partial charge in [0, 0.05) is 6.54 Å². The molecular formula is C12H20N4O4. The minimum Gasteiger partial charge on any atom is -0.391 e. The van der Waals surface area contributed by atoms with E-state index in [4.69, 9.17) is 0 Å². The van der Waals surface area contributed by atoms with Gasteiger partial charge < -0.3 is 10.4 Å². The molecule has 1 atom stereocenters. The van der Waals surface area contributed by atoms with Crippen LogP contribution in [0.4, 0.5) is 5.69 Å². The third-order valence-corrected chi connectivity index (χ3v) is 3.10. The normalized spacial score (nSPS) is 12.5. The summed E-state index contributed by atoms with van der Waals surface area (Å²) in [5.74, 6) is -0.296. The third-order valence-electron chi connectivity index (χ3n) is 3.10. The Morgan fingerprint density at radius 3 is 2.55 bits per heavy atom. The molecular weight excluding hydrogens is 264 g/mol. The van der Waals surface area contributed by atoms with E-state index in [1.807, 2.05) is 13.8 Å². The maximum Gasteiger partial charge on any atom is 0.312 e. The highest BCUT2D eigenvalue weighted by molar-refractivity contribution is 5.75. The van der Waals surface area contributed by atoms with Gasteiger partial charge in [-0.05, 0) is 19.8 Å². The van der Waals surface area contributed by atoms with E-state index in [-0.39, 0.29) is 36.3 Å². The Kier molecular flexibility index (Phi) is 5.20. The number of aromatic nitrogens is 2. The average molecular weight is 284 g/mol. The summed E-state index contributed by atoms with van der Waals surface area (Å²) in [6.07, 6.45) is -0.617. The third kappa shape index (κ3) is 3.77. The number of hydrogen-bond donors (Lipinski definition) is 2. The van der Waals surface area contributed by atoms with Crippen molar-refractivity contribution in [3.05, 3.63) is 21.5 Å². The van der Waals surface area contributed by atoms with Gasteiger partial charge in [-0.2, -0.15) is 5.10 Å². The minimum absolute atomic E-state index is 0.0464. The van der Waals surface area contributed by atoms with E-state index < -0.39 is 11.0 Å². The molecule has 0 fully saturated rings. The first-order chi connectivity index (χ1) is 9.23. The van der Waals surface area contributed by atoms with E-state index in [1.165, 1.54) is 11.6 Å². The number of aliphatic hydroxyl groups excluding tert-OH is 1. The summed E-state index contributed by atoms with van der Waals surface area (Å²) in [7, 11) is 0. The monoisotopic (exact) mass is 284 g/mol. The van der Waals surface area contributed by atoms with Crippen molar-refractivity contribution in [3.8, 4) is 0 Å². The van der Waals surface area contributed by atoms with E-state index in [1.54, 1.807) is 6.92 Å². The average Bonchev–Trinajstić information content (AvgIpc) is 2.61. The van der Waals surface area contributed by atoms with Gasteiger partial charge in [-0.15, -0.1) is 0 Å². The van der Waals surface area contributed by atoms with Gasteiger partial charge in [-0.25, -0.2) is 0 Å². The van der Waals surface area contributed by atoms with Crippen molar-refractivity contribution >= 4 is 11.6 Å². The number of hydrogen-bond acceptors (Lipinski definition) is 5. The fraction of sp³-hybridized carbons (Fsp3) is 0.667. The second-order valence-electron chi connectivity index (χ2n) is 5.05. The van der Waals surface area contributed by atoms with Crippen LogP contribution in [0.5, 0.6) is 0 Å². The van der Waals surface area contributed by atoms with Gasteiger partial charge in [0.2, 0.25) is 5.91 Å². The van der Waals surface area contributed by atoms with E-state index >= 15 is 0 Å². The van der Waals surface area contributed by atoms with Crippen molar-refractivity contribution in [3.63, 3.8) is 0 Å². The topological polar surface area (TPSA) is 110 Å². The predicted octanol–water partition coefficient (Wildman–Crippen LogP) is 0.541. The molecule has 0 aliphatic rings. The first-order valence-corrected chi connectivity index (χ1v) is 6.37. The summed E-state index contributed by atoms with van der Waals surface area (Å²) >= 11 is 0. The summed E-state index contributed by atoms with van der Waals surface area (Å²) in [5, 5.41) is 27.0. The summed E-state index contributed by atoms with van der Waals surface area (Å²) in [4.78, 5) is 22.1. The lowest BCUT2D eigenvalue weighted by molar-refractivity contribution is -0.386. The quantitative estimate of drug-likeness (QED) is 0.585. The van der Waals surface area contributed by atoms with Crippen molar-refractivity contribution in [2.45, 2.75) is 40.3 Å². The van der Waals surface area contributed by atoms with E-state index in [0.717, 1.165) is 0 Å². The molecule has 8 nitrogen and oxygen atoms in total. The number of carbonyl (C=O) groups is 1. The van der Waals surface area contributed by atoms with E-state index in [9.17, 15) is 20.0 Å². The van der Waals surface area contributed by atoms with Crippen molar-refractivity contribution in [2.24, 2.45) is 5.92 Å². The molecule has 0 spiro atoms. The Morgan fingerprint density at radius 1 is 1.50 bits per heavy atom. The van der Waals surface area contributed by atoms with Crippen molar-refractivity contribution in [1.29, 1.82) is 0 Å². The molecule has 1 heterocycles. The highest BCUT2D eigenvalue weighted by atomic mass is 16.6. The van der Waals surface area contributed by atoms with Crippen molar-refractivity contribution in [1.82, 2.24) is 15.1 Å². The zero-order valence-electron chi connectivity index (χ0n) is 12.1. The second kappa shape index (κ2) is 6.47. The summed E-state index contributed by atoms with van der Waals surface area (Å²) < 4.78 is 1.30. The van der Waals surface area contributed by atoms with Gasteiger partial charge in [-0.3, -0.25) is 19.6 Å². The highest BCUT2D eigenvalue weighted by Gasteiger charge is 2.22. The summed E-state index contributed by atoms with van der Waals surface area (Å²) in [6.45, 7) is 6.82. The first kappa shape index (κ1) is 16.1. The SMILES string of the molecule is Cc1nn(CC(=O)NCC(O)C(C)C)c(C)c1[N+](=O)[O-]. The number of aliphatic hydroxyl groups is 1. The zero-order chi connectivity index (χ0) is 15.4. The standard InChI is InChI=1S/C12H20N4O4/c1-7(2)10(17)5-13-11(18)6-15-9(4)12(16(19)20)8(3)14-15/h7,10,17H,5-6H2,1-4H3,(H,13,18). The largest absolute Gasteiger partial charge is 0.391 e. The smallest absolute Gasteiger partial charge is 0.312 e. The molecule has 1 amide bonds. The number of nitrogens with zero attached hydrogens (tertiary/aromatic N) is 3. The molecule has 0 aliphatic carbocycles. The van der Waals surface area contributed by atoms with Crippen LogP contribution in [-0.2, 0) is 11.3 Å². The lowest BCUT2D eigenvalue weighted by Gasteiger charge is -2.15. The Labute approximate surface area is 116 Å². The molecule has 0 aliphatic heterocycles. The first-order valence-electron chi connectivity index (χ1n) is 6.37. The van der Waals surface area contributed by atoms with Crippen LogP contribution in [0.15, 0.2) is 0 Å².